The predicted octanol–water partition coefficient (Wildman–Crippen LogP) is 1.70. The first-order valence-corrected chi connectivity index (χ1v) is 7.29. The molecule has 2 aliphatic rings. The molecule has 1 aromatic heterocycles. The number of nitrogens with zero attached hydrogens (tertiary/aromatic N) is 3. The molecule has 20 heavy (non-hydrogen) atoms. The molecule has 3 rings (SSSR count). The standard InChI is InChI=1S/C15H21N3O2/c1-17-7-2-3-12-10-18(8-5-13(12)17)14-9-11(15(19)20)4-6-16-14/h4,6,9,12-13H,2-3,5,7-8,10H2,1H3,(H,19,20). The van der Waals surface area contributed by atoms with Gasteiger partial charge in [-0.15, -0.1) is 0 Å². The molecule has 0 amide bonds. The number of pyridine rings is 1. The Morgan fingerprint density at radius 2 is 2.25 bits per heavy atom. The Bertz CT molecular complexity index is 506. The normalized spacial score (nSPS) is 27.1. The smallest absolute Gasteiger partial charge is 0.335 e. The molecule has 0 spiro atoms. The van der Waals surface area contributed by atoms with E-state index in [0.29, 0.717) is 17.5 Å². The van der Waals surface area contributed by atoms with Gasteiger partial charge >= 0.3 is 5.97 Å². The van der Waals surface area contributed by atoms with Crippen LogP contribution in [0.2, 0.25) is 0 Å². The summed E-state index contributed by atoms with van der Waals surface area (Å²) in [5.41, 5.74) is 0.317. The van der Waals surface area contributed by atoms with E-state index in [1.807, 2.05) is 0 Å². The molecule has 2 unspecified atom stereocenters. The molecule has 108 valence electrons. The van der Waals surface area contributed by atoms with Crippen LogP contribution in [0.3, 0.4) is 0 Å². The van der Waals surface area contributed by atoms with E-state index in [0.717, 1.165) is 25.3 Å². The molecule has 0 saturated carbocycles. The lowest BCUT2D eigenvalue weighted by Crippen LogP contribution is -2.52. The fourth-order valence-corrected chi connectivity index (χ4v) is 3.58. The van der Waals surface area contributed by atoms with Crippen molar-refractivity contribution in [3.63, 3.8) is 0 Å². The van der Waals surface area contributed by atoms with Crippen LogP contribution < -0.4 is 4.90 Å². The highest BCUT2D eigenvalue weighted by atomic mass is 16.4. The summed E-state index contributed by atoms with van der Waals surface area (Å²) in [4.78, 5) is 20.1. The van der Waals surface area contributed by atoms with Gasteiger partial charge < -0.3 is 14.9 Å². The minimum absolute atomic E-state index is 0.317. The van der Waals surface area contributed by atoms with Gasteiger partial charge in [0, 0.05) is 25.3 Å². The Morgan fingerprint density at radius 1 is 1.40 bits per heavy atom. The highest BCUT2D eigenvalue weighted by Gasteiger charge is 2.34. The number of aromatic nitrogens is 1. The molecule has 0 radical (unpaired) electrons. The fourth-order valence-electron chi connectivity index (χ4n) is 3.58. The molecule has 0 bridgehead atoms. The maximum absolute atomic E-state index is 11.1. The van der Waals surface area contributed by atoms with Crippen LogP contribution >= 0.6 is 0 Å². The minimum Gasteiger partial charge on any atom is -0.478 e. The lowest BCUT2D eigenvalue weighted by molar-refractivity contribution is 0.0696. The summed E-state index contributed by atoms with van der Waals surface area (Å²) in [6.45, 7) is 3.15. The first-order chi connectivity index (χ1) is 9.65. The molecule has 2 aliphatic heterocycles. The van der Waals surface area contributed by atoms with Crippen LogP contribution in [0.4, 0.5) is 5.82 Å². The van der Waals surface area contributed by atoms with Gasteiger partial charge in [0.2, 0.25) is 0 Å². The number of hydrogen-bond acceptors (Lipinski definition) is 4. The van der Waals surface area contributed by atoms with Gasteiger partial charge in [0.15, 0.2) is 0 Å². The molecule has 2 fully saturated rings. The van der Waals surface area contributed by atoms with Gasteiger partial charge in [-0.3, -0.25) is 0 Å². The van der Waals surface area contributed by atoms with E-state index < -0.39 is 5.97 Å². The van der Waals surface area contributed by atoms with Crippen molar-refractivity contribution in [2.75, 3.05) is 31.6 Å². The molecular weight excluding hydrogens is 254 g/mol. The van der Waals surface area contributed by atoms with Crippen molar-refractivity contribution in [3.05, 3.63) is 23.9 Å². The van der Waals surface area contributed by atoms with Crippen molar-refractivity contribution in [2.24, 2.45) is 5.92 Å². The molecule has 3 heterocycles. The van der Waals surface area contributed by atoms with Crippen molar-refractivity contribution in [1.29, 1.82) is 0 Å². The van der Waals surface area contributed by atoms with E-state index >= 15 is 0 Å². The summed E-state index contributed by atoms with van der Waals surface area (Å²) in [5, 5.41) is 9.08. The number of carbonyl (C=O) groups is 1. The largest absolute Gasteiger partial charge is 0.478 e. The van der Waals surface area contributed by atoms with Gasteiger partial charge in [0.1, 0.15) is 5.82 Å². The van der Waals surface area contributed by atoms with Gasteiger partial charge in [-0.2, -0.15) is 0 Å². The third-order valence-electron chi connectivity index (χ3n) is 4.66. The monoisotopic (exact) mass is 275 g/mol. The van der Waals surface area contributed by atoms with E-state index in [4.69, 9.17) is 5.11 Å². The quantitative estimate of drug-likeness (QED) is 0.890. The van der Waals surface area contributed by atoms with Gasteiger partial charge in [-0.1, -0.05) is 0 Å². The summed E-state index contributed by atoms with van der Waals surface area (Å²) >= 11 is 0. The van der Waals surface area contributed by atoms with Gasteiger partial charge in [-0.25, -0.2) is 9.78 Å². The number of piperidine rings is 2. The molecular formula is C15H21N3O2. The van der Waals surface area contributed by atoms with Crippen LogP contribution in [0.15, 0.2) is 18.3 Å². The number of carboxylic acids is 1. The minimum atomic E-state index is -0.888. The number of carboxylic acid groups (broad SMARTS) is 1. The molecule has 0 aliphatic carbocycles. The van der Waals surface area contributed by atoms with Crippen LogP contribution in [0, 0.1) is 5.92 Å². The SMILES string of the molecule is CN1CCCC2CN(c3cc(C(=O)O)ccn3)CCC21. The van der Waals surface area contributed by atoms with Crippen molar-refractivity contribution < 1.29 is 9.90 Å². The zero-order chi connectivity index (χ0) is 14.1. The third-order valence-corrected chi connectivity index (χ3v) is 4.66. The van der Waals surface area contributed by atoms with Crippen molar-refractivity contribution in [3.8, 4) is 0 Å². The molecule has 5 nitrogen and oxygen atoms in total. The molecule has 1 N–H and O–H groups in total. The molecule has 0 aromatic carbocycles. The number of anilines is 1. The average Bonchev–Trinajstić information content (AvgIpc) is 2.47. The topological polar surface area (TPSA) is 56.7 Å². The van der Waals surface area contributed by atoms with E-state index in [9.17, 15) is 4.79 Å². The molecule has 5 heteroatoms. The zero-order valence-electron chi connectivity index (χ0n) is 11.8. The number of likely N-dealkylation sites (tertiary alicyclic amines) is 1. The van der Waals surface area contributed by atoms with Gasteiger partial charge in [0.25, 0.3) is 0 Å². The Labute approximate surface area is 119 Å². The number of rotatable bonds is 2. The molecule has 2 saturated heterocycles. The van der Waals surface area contributed by atoms with E-state index in [1.54, 1.807) is 18.3 Å². The highest BCUT2D eigenvalue weighted by Crippen LogP contribution is 2.31. The Morgan fingerprint density at radius 3 is 3.05 bits per heavy atom. The maximum Gasteiger partial charge on any atom is 0.335 e. The van der Waals surface area contributed by atoms with E-state index in [-0.39, 0.29) is 0 Å². The van der Waals surface area contributed by atoms with Crippen molar-refractivity contribution in [2.45, 2.75) is 25.3 Å². The summed E-state index contributed by atoms with van der Waals surface area (Å²) < 4.78 is 0. The summed E-state index contributed by atoms with van der Waals surface area (Å²) in [7, 11) is 2.22. The summed E-state index contributed by atoms with van der Waals surface area (Å²) in [5.74, 6) is 0.593. The number of hydrogen-bond donors (Lipinski definition) is 1. The highest BCUT2D eigenvalue weighted by molar-refractivity contribution is 5.88. The number of fused-ring (bicyclic) bond motifs is 1. The second-order valence-electron chi connectivity index (χ2n) is 5.89. The van der Waals surface area contributed by atoms with Gasteiger partial charge in [-0.05, 0) is 50.9 Å². The lowest BCUT2D eigenvalue weighted by atomic mass is 9.84. The van der Waals surface area contributed by atoms with Crippen LogP contribution in [0.5, 0.6) is 0 Å². The first-order valence-electron chi connectivity index (χ1n) is 7.29. The Kier molecular flexibility index (Phi) is 3.61. The van der Waals surface area contributed by atoms with Crippen molar-refractivity contribution in [1.82, 2.24) is 9.88 Å². The number of aromatic carboxylic acids is 1. The van der Waals surface area contributed by atoms with E-state index in [1.165, 1.54) is 19.4 Å². The van der Waals surface area contributed by atoms with Crippen molar-refractivity contribution >= 4 is 11.8 Å². The maximum atomic E-state index is 11.1. The van der Waals surface area contributed by atoms with Crippen LogP contribution in [0.25, 0.3) is 0 Å². The second kappa shape index (κ2) is 5.40. The van der Waals surface area contributed by atoms with Crippen LogP contribution in [-0.4, -0.2) is 53.7 Å². The first kappa shape index (κ1) is 13.4. The molecule has 1 aromatic rings. The third kappa shape index (κ3) is 2.50. The zero-order valence-corrected chi connectivity index (χ0v) is 11.8. The van der Waals surface area contributed by atoms with Crippen LogP contribution in [0.1, 0.15) is 29.6 Å². The fraction of sp³-hybridized carbons (Fsp3) is 0.600. The van der Waals surface area contributed by atoms with Crippen LogP contribution in [-0.2, 0) is 0 Å². The lowest BCUT2D eigenvalue weighted by Gasteiger charge is -2.46. The Balaban J connectivity index is 1.76. The predicted molar refractivity (Wildman–Crippen MR) is 77.2 cm³/mol. The summed E-state index contributed by atoms with van der Waals surface area (Å²) in [6, 6.07) is 3.92. The molecule has 2 atom stereocenters. The average molecular weight is 275 g/mol. The second-order valence-corrected chi connectivity index (χ2v) is 5.89. The Hall–Kier alpha value is -1.62. The van der Waals surface area contributed by atoms with E-state index in [2.05, 4.69) is 21.8 Å². The summed E-state index contributed by atoms with van der Waals surface area (Å²) in [6.07, 6.45) is 5.26. The van der Waals surface area contributed by atoms with Gasteiger partial charge in [0.05, 0.1) is 5.56 Å².